The fourth-order valence-electron chi connectivity index (χ4n) is 2.52. The van der Waals surface area contributed by atoms with Crippen molar-refractivity contribution in [2.75, 3.05) is 12.3 Å². The van der Waals surface area contributed by atoms with Crippen molar-refractivity contribution in [1.29, 1.82) is 0 Å². The molecule has 0 aliphatic heterocycles. The Morgan fingerprint density at radius 3 is 2.45 bits per heavy atom. The third kappa shape index (κ3) is 9.42. The average Bonchev–Trinajstić information content (AvgIpc) is 2.91. The van der Waals surface area contributed by atoms with Crippen LogP contribution >= 0.6 is 0 Å². The summed E-state index contributed by atoms with van der Waals surface area (Å²) in [6.45, 7) is 3.05. The highest BCUT2D eigenvalue weighted by Gasteiger charge is 2.02. The third-order valence-corrected chi connectivity index (χ3v) is 3.85. The molecule has 1 heterocycles. The molecular formula is C17H32N4O. The van der Waals surface area contributed by atoms with E-state index in [1.54, 1.807) is 6.20 Å². The lowest BCUT2D eigenvalue weighted by atomic mass is 10.1. The Balaban J connectivity index is 1.87. The molecule has 0 aliphatic rings. The van der Waals surface area contributed by atoms with Gasteiger partial charge in [0, 0.05) is 18.7 Å². The minimum absolute atomic E-state index is 0.149. The summed E-state index contributed by atoms with van der Waals surface area (Å²) in [4.78, 5) is 18.6. The van der Waals surface area contributed by atoms with Crippen LogP contribution in [0.15, 0.2) is 6.20 Å². The monoisotopic (exact) mass is 308 g/mol. The number of amides is 1. The lowest BCUT2D eigenvalue weighted by Crippen LogP contribution is -2.24. The first-order valence-electron chi connectivity index (χ1n) is 8.78. The number of carbonyl (C=O) groups is 1. The second-order valence-electron chi connectivity index (χ2n) is 5.97. The molecule has 4 N–H and O–H groups in total. The topological polar surface area (TPSA) is 83.8 Å². The van der Waals surface area contributed by atoms with Crippen LogP contribution in [0.25, 0.3) is 0 Å². The van der Waals surface area contributed by atoms with Gasteiger partial charge in [-0.2, -0.15) is 0 Å². The number of nitrogens with one attached hydrogen (secondary N) is 2. The van der Waals surface area contributed by atoms with Crippen molar-refractivity contribution < 1.29 is 4.79 Å². The molecule has 0 atom stereocenters. The molecule has 1 aromatic rings. The molecule has 0 aliphatic carbocycles. The van der Waals surface area contributed by atoms with Gasteiger partial charge in [-0.3, -0.25) is 4.79 Å². The number of rotatable bonds is 13. The van der Waals surface area contributed by atoms with Crippen molar-refractivity contribution in [3.8, 4) is 0 Å². The predicted molar refractivity (Wildman–Crippen MR) is 91.6 cm³/mol. The molecule has 0 saturated carbocycles. The molecule has 126 valence electrons. The summed E-state index contributed by atoms with van der Waals surface area (Å²) in [6.07, 6.45) is 14.3. The number of aromatic nitrogens is 2. The molecule has 0 fully saturated rings. The lowest BCUT2D eigenvalue weighted by Gasteiger charge is -2.05. The van der Waals surface area contributed by atoms with E-state index in [1.165, 1.54) is 44.9 Å². The molecule has 5 heteroatoms. The van der Waals surface area contributed by atoms with Crippen molar-refractivity contribution >= 4 is 11.9 Å². The van der Waals surface area contributed by atoms with E-state index in [0.29, 0.717) is 12.4 Å². The van der Waals surface area contributed by atoms with Gasteiger partial charge >= 0.3 is 0 Å². The molecule has 1 rings (SSSR count). The zero-order chi connectivity index (χ0) is 16.0. The van der Waals surface area contributed by atoms with Crippen molar-refractivity contribution in [3.05, 3.63) is 11.9 Å². The number of aromatic amines is 1. The first-order valence-corrected chi connectivity index (χ1v) is 8.78. The van der Waals surface area contributed by atoms with Gasteiger partial charge in [0.1, 0.15) is 0 Å². The normalized spacial score (nSPS) is 10.8. The predicted octanol–water partition coefficient (Wildman–Crippen LogP) is 3.57. The number of imidazole rings is 1. The third-order valence-electron chi connectivity index (χ3n) is 3.85. The number of carbonyl (C=O) groups excluding carboxylic acids is 1. The van der Waals surface area contributed by atoms with Gasteiger partial charge in [0.25, 0.3) is 0 Å². The summed E-state index contributed by atoms with van der Waals surface area (Å²) in [7, 11) is 0. The van der Waals surface area contributed by atoms with Gasteiger partial charge in [0.2, 0.25) is 5.91 Å². The Morgan fingerprint density at radius 1 is 1.14 bits per heavy atom. The van der Waals surface area contributed by atoms with Crippen LogP contribution in [0.5, 0.6) is 0 Å². The smallest absolute Gasteiger partial charge is 0.220 e. The zero-order valence-electron chi connectivity index (χ0n) is 14.0. The Bertz CT molecular complexity index is 403. The number of H-pyrrole nitrogens is 1. The van der Waals surface area contributed by atoms with Crippen LogP contribution in [-0.2, 0) is 11.2 Å². The van der Waals surface area contributed by atoms with Gasteiger partial charge in [0.05, 0.1) is 6.20 Å². The lowest BCUT2D eigenvalue weighted by molar-refractivity contribution is -0.121. The second kappa shape index (κ2) is 12.1. The van der Waals surface area contributed by atoms with Gasteiger partial charge in [-0.15, -0.1) is 0 Å². The number of unbranched alkanes of at least 4 members (excludes halogenated alkanes) is 7. The average molecular weight is 308 g/mol. The van der Waals surface area contributed by atoms with E-state index in [4.69, 9.17) is 5.73 Å². The molecular weight excluding hydrogens is 276 g/mol. The maximum Gasteiger partial charge on any atom is 0.220 e. The van der Waals surface area contributed by atoms with Crippen LogP contribution in [0.2, 0.25) is 0 Å². The first kappa shape index (κ1) is 18.5. The SMILES string of the molecule is CCCCCCCCCCNC(=O)CCCc1cnc(N)[nH]1. The summed E-state index contributed by atoms with van der Waals surface area (Å²) < 4.78 is 0. The molecule has 0 saturated heterocycles. The molecule has 0 bridgehead atoms. The van der Waals surface area contributed by atoms with E-state index in [-0.39, 0.29) is 5.91 Å². The molecule has 1 aromatic heterocycles. The van der Waals surface area contributed by atoms with E-state index in [1.807, 2.05) is 0 Å². The van der Waals surface area contributed by atoms with Crippen molar-refractivity contribution in [3.63, 3.8) is 0 Å². The van der Waals surface area contributed by atoms with Crippen LogP contribution in [0, 0.1) is 0 Å². The highest BCUT2D eigenvalue weighted by Crippen LogP contribution is 2.08. The maximum atomic E-state index is 11.7. The van der Waals surface area contributed by atoms with Crippen LogP contribution in [-0.4, -0.2) is 22.4 Å². The van der Waals surface area contributed by atoms with E-state index >= 15 is 0 Å². The van der Waals surface area contributed by atoms with Crippen LogP contribution in [0.1, 0.15) is 76.8 Å². The number of hydrogen-bond donors (Lipinski definition) is 3. The molecule has 1 amide bonds. The summed E-state index contributed by atoms with van der Waals surface area (Å²) in [5.41, 5.74) is 6.50. The summed E-state index contributed by atoms with van der Waals surface area (Å²) in [5.74, 6) is 0.588. The van der Waals surface area contributed by atoms with E-state index in [0.717, 1.165) is 31.5 Å². The Hall–Kier alpha value is -1.52. The number of aryl methyl sites for hydroxylation is 1. The van der Waals surface area contributed by atoms with Crippen molar-refractivity contribution in [1.82, 2.24) is 15.3 Å². The molecule has 22 heavy (non-hydrogen) atoms. The fourth-order valence-corrected chi connectivity index (χ4v) is 2.52. The fraction of sp³-hybridized carbons (Fsp3) is 0.765. The highest BCUT2D eigenvalue weighted by molar-refractivity contribution is 5.75. The number of hydrogen-bond acceptors (Lipinski definition) is 3. The molecule has 0 aromatic carbocycles. The highest BCUT2D eigenvalue weighted by atomic mass is 16.1. The minimum atomic E-state index is 0.149. The number of nitrogen functional groups attached to an aromatic ring is 1. The van der Waals surface area contributed by atoms with Crippen LogP contribution in [0.4, 0.5) is 5.95 Å². The van der Waals surface area contributed by atoms with Gasteiger partial charge in [-0.05, 0) is 19.3 Å². The largest absolute Gasteiger partial charge is 0.369 e. The van der Waals surface area contributed by atoms with Gasteiger partial charge < -0.3 is 16.0 Å². The second-order valence-corrected chi connectivity index (χ2v) is 5.97. The summed E-state index contributed by atoms with van der Waals surface area (Å²) in [5, 5.41) is 3.00. The Kier molecular flexibility index (Phi) is 10.2. The summed E-state index contributed by atoms with van der Waals surface area (Å²) >= 11 is 0. The number of nitrogens with zero attached hydrogens (tertiary/aromatic N) is 1. The van der Waals surface area contributed by atoms with Gasteiger partial charge in [-0.25, -0.2) is 4.98 Å². The molecule has 0 radical (unpaired) electrons. The molecule has 0 spiro atoms. The minimum Gasteiger partial charge on any atom is -0.369 e. The summed E-state index contributed by atoms with van der Waals surface area (Å²) in [6, 6.07) is 0. The van der Waals surface area contributed by atoms with E-state index < -0.39 is 0 Å². The Morgan fingerprint density at radius 2 is 1.82 bits per heavy atom. The van der Waals surface area contributed by atoms with E-state index in [2.05, 4.69) is 22.2 Å². The Labute approximate surface area is 134 Å². The van der Waals surface area contributed by atoms with Gasteiger partial charge in [0.15, 0.2) is 5.95 Å². The number of anilines is 1. The standard InChI is InChI=1S/C17H32N4O/c1-2-3-4-5-6-7-8-9-13-19-16(22)12-10-11-15-14-20-17(18)21-15/h14H,2-13H2,1H3,(H,19,22)(H3,18,20,21). The van der Waals surface area contributed by atoms with Crippen molar-refractivity contribution in [2.45, 2.75) is 77.6 Å². The van der Waals surface area contributed by atoms with Crippen molar-refractivity contribution in [2.24, 2.45) is 0 Å². The maximum absolute atomic E-state index is 11.7. The van der Waals surface area contributed by atoms with Crippen LogP contribution in [0.3, 0.4) is 0 Å². The quantitative estimate of drug-likeness (QED) is 0.487. The zero-order valence-corrected chi connectivity index (χ0v) is 14.0. The molecule has 0 unspecified atom stereocenters. The van der Waals surface area contributed by atoms with Gasteiger partial charge in [-0.1, -0.05) is 51.9 Å². The van der Waals surface area contributed by atoms with Crippen LogP contribution < -0.4 is 11.1 Å². The number of nitrogens with two attached hydrogens (primary N) is 1. The van der Waals surface area contributed by atoms with E-state index in [9.17, 15) is 4.79 Å². The first-order chi connectivity index (χ1) is 10.7. The molecule has 5 nitrogen and oxygen atoms in total.